The summed E-state index contributed by atoms with van der Waals surface area (Å²) in [6.07, 6.45) is 2.42. The standard InChI is InChI=1S/C13H10Cl2FN3S/c14-2-1-13-18-11-3-9(15)10(16)4-12(11)19(13)6-8-5-17-7-20-8/h3-5,7H,1-2,6H2. The average molecular weight is 330 g/mol. The van der Waals surface area contributed by atoms with Crippen LogP contribution in [0.1, 0.15) is 10.7 Å². The fraction of sp³-hybridized carbons (Fsp3) is 0.231. The lowest BCUT2D eigenvalue weighted by molar-refractivity contribution is 0.628. The zero-order valence-corrected chi connectivity index (χ0v) is 12.6. The minimum absolute atomic E-state index is 0.0809. The number of hydrogen-bond acceptors (Lipinski definition) is 3. The minimum atomic E-state index is -0.443. The van der Waals surface area contributed by atoms with Crippen molar-refractivity contribution in [2.45, 2.75) is 13.0 Å². The molecule has 20 heavy (non-hydrogen) atoms. The molecule has 1 aromatic carbocycles. The van der Waals surface area contributed by atoms with Crippen LogP contribution in [0.5, 0.6) is 0 Å². The van der Waals surface area contributed by atoms with E-state index in [-0.39, 0.29) is 5.02 Å². The summed E-state index contributed by atoms with van der Waals surface area (Å²) >= 11 is 13.2. The largest absolute Gasteiger partial charge is 0.322 e. The summed E-state index contributed by atoms with van der Waals surface area (Å²) in [7, 11) is 0. The molecule has 0 atom stereocenters. The van der Waals surface area contributed by atoms with Gasteiger partial charge < -0.3 is 4.57 Å². The molecule has 7 heteroatoms. The molecule has 0 saturated heterocycles. The molecule has 0 aliphatic rings. The molecular weight excluding hydrogens is 320 g/mol. The zero-order valence-electron chi connectivity index (χ0n) is 10.3. The Morgan fingerprint density at radius 2 is 2.20 bits per heavy atom. The first-order valence-electron chi connectivity index (χ1n) is 5.96. The Balaban J connectivity index is 2.15. The summed E-state index contributed by atoms with van der Waals surface area (Å²) in [5.74, 6) is 0.842. The first kappa shape index (κ1) is 13.8. The van der Waals surface area contributed by atoms with Crippen molar-refractivity contribution in [3.63, 3.8) is 0 Å². The number of halogens is 3. The molecule has 2 heterocycles. The smallest absolute Gasteiger partial charge is 0.144 e. The van der Waals surface area contributed by atoms with Crippen LogP contribution in [-0.2, 0) is 13.0 Å². The summed E-state index contributed by atoms with van der Waals surface area (Å²) in [4.78, 5) is 9.63. The van der Waals surface area contributed by atoms with Gasteiger partial charge in [0, 0.05) is 29.4 Å². The van der Waals surface area contributed by atoms with Gasteiger partial charge in [-0.05, 0) is 6.07 Å². The average Bonchev–Trinajstić information content (AvgIpc) is 3.02. The van der Waals surface area contributed by atoms with Gasteiger partial charge in [-0.15, -0.1) is 22.9 Å². The van der Waals surface area contributed by atoms with E-state index in [4.69, 9.17) is 23.2 Å². The first-order chi connectivity index (χ1) is 9.69. The highest BCUT2D eigenvalue weighted by atomic mass is 35.5. The van der Waals surface area contributed by atoms with E-state index in [0.29, 0.717) is 24.4 Å². The van der Waals surface area contributed by atoms with Crippen molar-refractivity contribution in [3.8, 4) is 0 Å². The fourth-order valence-corrected chi connectivity index (χ4v) is 3.01. The predicted molar refractivity (Wildman–Crippen MR) is 80.3 cm³/mol. The van der Waals surface area contributed by atoms with Crippen LogP contribution in [0.15, 0.2) is 23.8 Å². The van der Waals surface area contributed by atoms with Gasteiger partial charge in [0.1, 0.15) is 11.6 Å². The molecule has 0 bridgehead atoms. The van der Waals surface area contributed by atoms with Crippen LogP contribution in [0.2, 0.25) is 5.02 Å². The van der Waals surface area contributed by atoms with E-state index in [9.17, 15) is 4.39 Å². The number of nitrogens with zero attached hydrogens (tertiary/aromatic N) is 3. The Hall–Kier alpha value is -1.17. The SMILES string of the molecule is Fc1cc2c(cc1Cl)nc(CCCl)n2Cc1cncs1. The number of imidazole rings is 1. The van der Waals surface area contributed by atoms with Crippen molar-refractivity contribution in [3.05, 3.63) is 45.4 Å². The molecule has 0 fully saturated rings. The Bertz CT molecular complexity index is 740. The molecule has 3 nitrogen and oxygen atoms in total. The van der Waals surface area contributed by atoms with E-state index in [1.165, 1.54) is 6.07 Å². The van der Waals surface area contributed by atoms with Crippen molar-refractivity contribution in [1.29, 1.82) is 0 Å². The maximum absolute atomic E-state index is 13.7. The molecule has 2 aromatic heterocycles. The summed E-state index contributed by atoms with van der Waals surface area (Å²) < 4.78 is 15.7. The van der Waals surface area contributed by atoms with E-state index < -0.39 is 5.82 Å². The van der Waals surface area contributed by atoms with Gasteiger partial charge in [0.15, 0.2) is 0 Å². The fourth-order valence-electron chi connectivity index (χ4n) is 2.10. The zero-order chi connectivity index (χ0) is 14.1. The molecule has 0 aliphatic carbocycles. The summed E-state index contributed by atoms with van der Waals surface area (Å²) in [5, 5.41) is 0.0809. The van der Waals surface area contributed by atoms with E-state index in [2.05, 4.69) is 9.97 Å². The van der Waals surface area contributed by atoms with E-state index in [1.54, 1.807) is 29.1 Å². The third kappa shape index (κ3) is 2.53. The van der Waals surface area contributed by atoms with Gasteiger partial charge in [-0.25, -0.2) is 9.37 Å². The number of aromatic nitrogens is 3. The van der Waals surface area contributed by atoms with Crippen LogP contribution in [-0.4, -0.2) is 20.4 Å². The Labute approximate surface area is 129 Å². The molecule has 104 valence electrons. The molecule has 0 radical (unpaired) electrons. The summed E-state index contributed by atoms with van der Waals surface area (Å²) in [5.41, 5.74) is 3.18. The molecule has 0 saturated carbocycles. The second kappa shape index (κ2) is 5.68. The lowest BCUT2D eigenvalue weighted by atomic mass is 10.3. The minimum Gasteiger partial charge on any atom is -0.322 e. The number of rotatable bonds is 4. The third-order valence-electron chi connectivity index (χ3n) is 2.98. The number of thiazole rings is 1. The monoisotopic (exact) mass is 329 g/mol. The highest BCUT2D eigenvalue weighted by molar-refractivity contribution is 7.09. The van der Waals surface area contributed by atoms with Gasteiger partial charge in [-0.1, -0.05) is 11.6 Å². The van der Waals surface area contributed by atoms with Crippen LogP contribution in [0.3, 0.4) is 0 Å². The molecule has 3 aromatic rings. The number of hydrogen-bond donors (Lipinski definition) is 0. The first-order valence-corrected chi connectivity index (χ1v) is 7.75. The van der Waals surface area contributed by atoms with Crippen molar-refractivity contribution in [2.24, 2.45) is 0 Å². The van der Waals surface area contributed by atoms with Crippen LogP contribution in [0.4, 0.5) is 4.39 Å². The van der Waals surface area contributed by atoms with Crippen molar-refractivity contribution >= 4 is 45.6 Å². The van der Waals surface area contributed by atoms with Gasteiger partial charge in [0.05, 0.1) is 28.1 Å². The Kier molecular flexibility index (Phi) is 3.92. The van der Waals surface area contributed by atoms with Crippen molar-refractivity contribution in [1.82, 2.24) is 14.5 Å². The molecule has 0 unspecified atom stereocenters. The van der Waals surface area contributed by atoms with Crippen molar-refractivity contribution in [2.75, 3.05) is 5.88 Å². The molecule has 0 amide bonds. The maximum Gasteiger partial charge on any atom is 0.144 e. The third-order valence-corrected chi connectivity index (χ3v) is 4.23. The molecule has 0 N–H and O–H groups in total. The molecular formula is C13H10Cl2FN3S. The van der Waals surface area contributed by atoms with E-state index in [0.717, 1.165) is 16.2 Å². The Morgan fingerprint density at radius 3 is 2.90 bits per heavy atom. The lowest BCUT2D eigenvalue weighted by Crippen LogP contribution is -2.05. The normalized spacial score (nSPS) is 11.3. The Morgan fingerprint density at radius 1 is 1.35 bits per heavy atom. The molecule has 0 aliphatic heterocycles. The number of alkyl halides is 1. The van der Waals surface area contributed by atoms with E-state index in [1.807, 2.05) is 4.57 Å². The number of fused-ring (bicyclic) bond motifs is 1. The van der Waals surface area contributed by atoms with Gasteiger partial charge in [0.25, 0.3) is 0 Å². The van der Waals surface area contributed by atoms with Gasteiger partial charge in [-0.3, -0.25) is 4.98 Å². The van der Waals surface area contributed by atoms with Crippen molar-refractivity contribution < 1.29 is 4.39 Å². The molecule has 0 spiro atoms. The van der Waals surface area contributed by atoms with Crippen LogP contribution in [0, 0.1) is 5.82 Å². The predicted octanol–water partition coefficient (Wildman–Crippen LogP) is 4.11. The highest BCUT2D eigenvalue weighted by Gasteiger charge is 2.14. The summed E-state index contributed by atoms with van der Waals surface area (Å²) in [6.45, 7) is 0.606. The van der Waals surface area contributed by atoms with Crippen LogP contribution >= 0.6 is 34.5 Å². The van der Waals surface area contributed by atoms with Gasteiger partial charge >= 0.3 is 0 Å². The van der Waals surface area contributed by atoms with Gasteiger partial charge in [0.2, 0.25) is 0 Å². The number of benzene rings is 1. The topological polar surface area (TPSA) is 30.7 Å². The lowest BCUT2D eigenvalue weighted by Gasteiger charge is -2.06. The number of aryl methyl sites for hydroxylation is 1. The second-order valence-corrected chi connectivity index (χ2v) is 6.03. The van der Waals surface area contributed by atoms with Gasteiger partial charge in [-0.2, -0.15) is 0 Å². The second-order valence-electron chi connectivity index (χ2n) is 4.28. The van der Waals surface area contributed by atoms with Crippen LogP contribution in [0.25, 0.3) is 11.0 Å². The quantitative estimate of drug-likeness (QED) is 0.674. The summed E-state index contributed by atoms with van der Waals surface area (Å²) in [6, 6.07) is 2.97. The highest BCUT2D eigenvalue weighted by Crippen LogP contribution is 2.25. The van der Waals surface area contributed by atoms with Crippen LogP contribution < -0.4 is 0 Å². The maximum atomic E-state index is 13.7. The molecule has 3 rings (SSSR count). The van der Waals surface area contributed by atoms with E-state index >= 15 is 0 Å².